The standard InChI is InChI=1S/C25H27BrF3N5O2.ClH/c1-33(2)23-19-5-3-4-6-20(19)31-24(32-23)34-11-9-16(10-12-34)15-30-22(35)13-17-7-8-18(26)14-21(17)36-25(27,28)29;/h3-8,14,16H,9-13,15H2,1-2H3,(H,30,35);1H. The van der Waals surface area contributed by atoms with Gasteiger partial charge in [-0.15, -0.1) is 25.6 Å². The number of fused-ring (bicyclic) bond motifs is 1. The zero-order valence-corrected chi connectivity index (χ0v) is 22.8. The van der Waals surface area contributed by atoms with E-state index in [1.165, 1.54) is 12.1 Å². The highest BCUT2D eigenvalue weighted by Gasteiger charge is 2.32. The van der Waals surface area contributed by atoms with E-state index < -0.39 is 6.36 Å². The Labute approximate surface area is 227 Å². The molecule has 0 radical (unpaired) electrons. The first-order chi connectivity index (χ1) is 17.1. The molecular weight excluding hydrogens is 575 g/mol. The summed E-state index contributed by atoms with van der Waals surface area (Å²) in [4.78, 5) is 26.1. The molecule has 0 bridgehead atoms. The van der Waals surface area contributed by atoms with Crippen LogP contribution in [0.25, 0.3) is 10.9 Å². The summed E-state index contributed by atoms with van der Waals surface area (Å²) in [5.74, 6) is 1.09. The van der Waals surface area contributed by atoms with Gasteiger partial charge in [-0.1, -0.05) is 34.1 Å². The molecule has 0 saturated carbocycles. The van der Waals surface area contributed by atoms with Crippen molar-refractivity contribution in [1.82, 2.24) is 15.3 Å². The summed E-state index contributed by atoms with van der Waals surface area (Å²) in [5.41, 5.74) is 1.07. The van der Waals surface area contributed by atoms with Gasteiger partial charge in [-0.25, -0.2) is 4.98 Å². The van der Waals surface area contributed by atoms with E-state index >= 15 is 0 Å². The van der Waals surface area contributed by atoms with E-state index in [0.29, 0.717) is 17.0 Å². The van der Waals surface area contributed by atoms with E-state index in [0.717, 1.165) is 42.7 Å². The monoisotopic (exact) mass is 601 g/mol. The largest absolute Gasteiger partial charge is 0.573 e. The number of ether oxygens (including phenoxy) is 1. The highest BCUT2D eigenvalue weighted by molar-refractivity contribution is 9.10. The predicted octanol–water partition coefficient (Wildman–Crippen LogP) is 5.35. The number of hydrogen-bond acceptors (Lipinski definition) is 6. The molecular formula is C25H28BrClF3N5O2. The van der Waals surface area contributed by atoms with Crippen LogP contribution in [0.1, 0.15) is 18.4 Å². The lowest BCUT2D eigenvalue weighted by Gasteiger charge is -2.32. The molecule has 1 aliphatic rings. The zero-order valence-electron chi connectivity index (χ0n) is 20.4. The van der Waals surface area contributed by atoms with Crippen molar-refractivity contribution < 1.29 is 22.7 Å². The zero-order chi connectivity index (χ0) is 25.9. The maximum Gasteiger partial charge on any atom is 0.573 e. The summed E-state index contributed by atoms with van der Waals surface area (Å²) in [6.07, 6.45) is -3.35. The molecule has 0 spiro atoms. The lowest BCUT2D eigenvalue weighted by atomic mass is 9.97. The van der Waals surface area contributed by atoms with Gasteiger partial charge in [-0.3, -0.25) is 4.79 Å². The van der Waals surface area contributed by atoms with Gasteiger partial charge in [-0.2, -0.15) is 4.98 Å². The number of amides is 1. The quantitative estimate of drug-likeness (QED) is 0.393. The van der Waals surface area contributed by atoms with Crippen molar-refractivity contribution in [1.29, 1.82) is 0 Å². The molecule has 1 aliphatic heterocycles. The summed E-state index contributed by atoms with van der Waals surface area (Å²) >= 11 is 3.13. The van der Waals surface area contributed by atoms with E-state index in [-0.39, 0.29) is 42.0 Å². The summed E-state index contributed by atoms with van der Waals surface area (Å²) in [6, 6.07) is 12.2. The number of aromatic nitrogens is 2. The lowest BCUT2D eigenvalue weighted by Crippen LogP contribution is -2.39. The van der Waals surface area contributed by atoms with Crippen LogP contribution in [0.15, 0.2) is 46.9 Å². The number of para-hydroxylation sites is 1. The van der Waals surface area contributed by atoms with Crippen LogP contribution in [-0.4, -0.2) is 56.0 Å². The van der Waals surface area contributed by atoms with Gasteiger partial charge in [0.25, 0.3) is 0 Å². The fourth-order valence-electron chi connectivity index (χ4n) is 4.26. The molecule has 12 heteroatoms. The molecule has 2 aromatic carbocycles. The molecule has 0 atom stereocenters. The van der Waals surface area contributed by atoms with E-state index in [4.69, 9.17) is 9.97 Å². The normalized spacial score (nSPS) is 14.3. The van der Waals surface area contributed by atoms with Crippen LogP contribution in [0.3, 0.4) is 0 Å². The number of benzene rings is 2. The van der Waals surface area contributed by atoms with Crippen LogP contribution in [0.5, 0.6) is 5.75 Å². The average Bonchev–Trinajstić information content (AvgIpc) is 2.83. The van der Waals surface area contributed by atoms with E-state index in [1.54, 1.807) is 6.07 Å². The third kappa shape index (κ3) is 7.61. The van der Waals surface area contributed by atoms with E-state index in [2.05, 4.69) is 30.9 Å². The van der Waals surface area contributed by atoms with Crippen LogP contribution in [0, 0.1) is 5.92 Å². The van der Waals surface area contributed by atoms with Crippen molar-refractivity contribution in [2.75, 3.05) is 43.5 Å². The maximum atomic E-state index is 12.7. The Morgan fingerprint density at radius 3 is 2.54 bits per heavy atom. The fourth-order valence-corrected chi connectivity index (χ4v) is 4.60. The molecule has 1 N–H and O–H groups in total. The molecule has 200 valence electrons. The Bertz CT molecular complexity index is 1240. The Balaban J connectivity index is 0.00000380. The number of halogens is 5. The van der Waals surface area contributed by atoms with Crippen LogP contribution < -0.4 is 19.9 Å². The Hall–Kier alpha value is -2.79. The number of carbonyl (C=O) groups is 1. The number of alkyl halides is 3. The van der Waals surface area contributed by atoms with Gasteiger partial charge >= 0.3 is 6.36 Å². The van der Waals surface area contributed by atoms with Gasteiger partial charge in [0.2, 0.25) is 11.9 Å². The number of piperidine rings is 1. The first kappa shape index (κ1) is 28.8. The first-order valence-corrected chi connectivity index (χ1v) is 12.4. The Kier molecular flexibility index (Phi) is 9.46. The first-order valence-electron chi connectivity index (χ1n) is 11.6. The summed E-state index contributed by atoms with van der Waals surface area (Å²) in [7, 11) is 3.92. The second-order valence-electron chi connectivity index (χ2n) is 8.97. The smallest absolute Gasteiger partial charge is 0.405 e. The molecule has 2 heterocycles. The van der Waals surface area contributed by atoms with Crippen molar-refractivity contribution in [3.63, 3.8) is 0 Å². The number of nitrogens with one attached hydrogen (secondary N) is 1. The SMILES string of the molecule is CN(C)c1nc(N2CCC(CNC(=O)Cc3ccc(Br)cc3OC(F)(F)F)CC2)nc2ccccc12.Cl. The third-order valence-corrected chi connectivity index (χ3v) is 6.58. The van der Waals surface area contributed by atoms with Gasteiger partial charge in [-0.05, 0) is 43.0 Å². The number of nitrogens with zero attached hydrogens (tertiary/aromatic N) is 4. The van der Waals surface area contributed by atoms with E-state index in [1.807, 2.05) is 43.3 Å². The van der Waals surface area contributed by atoms with Crippen molar-refractivity contribution in [2.24, 2.45) is 5.92 Å². The van der Waals surface area contributed by atoms with Gasteiger partial charge in [0.05, 0.1) is 11.9 Å². The minimum atomic E-state index is -4.83. The maximum absolute atomic E-state index is 12.7. The third-order valence-electron chi connectivity index (χ3n) is 6.09. The van der Waals surface area contributed by atoms with Crippen LogP contribution in [-0.2, 0) is 11.2 Å². The molecule has 1 fully saturated rings. The number of rotatable bonds is 7. The number of carbonyl (C=O) groups excluding carboxylic acids is 1. The van der Waals surface area contributed by atoms with Crippen molar-refractivity contribution in [3.8, 4) is 5.75 Å². The summed E-state index contributed by atoms with van der Waals surface area (Å²) in [6.45, 7) is 1.96. The predicted molar refractivity (Wildman–Crippen MR) is 144 cm³/mol. The summed E-state index contributed by atoms with van der Waals surface area (Å²) < 4.78 is 42.7. The molecule has 7 nitrogen and oxygen atoms in total. The topological polar surface area (TPSA) is 70.6 Å². The van der Waals surface area contributed by atoms with E-state index in [9.17, 15) is 18.0 Å². The number of hydrogen-bond donors (Lipinski definition) is 1. The average molecular weight is 603 g/mol. The highest BCUT2D eigenvalue weighted by atomic mass is 79.9. The molecule has 0 aliphatic carbocycles. The van der Waals surface area contributed by atoms with Gasteiger partial charge in [0, 0.05) is 49.2 Å². The Morgan fingerprint density at radius 2 is 1.86 bits per heavy atom. The molecule has 1 saturated heterocycles. The van der Waals surface area contributed by atoms with Gasteiger partial charge in [0.1, 0.15) is 11.6 Å². The van der Waals surface area contributed by atoms with Crippen molar-refractivity contribution >= 4 is 56.9 Å². The van der Waals surface area contributed by atoms with Crippen molar-refractivity contribution in [3.05, 3.63) is 52.5 Å². The van der Waals surface area contributed by atoms with Crippen molar-refractivity contribution in [2.45, 2.75) is 25.6 Å². The second kappa shape index (κ2) is 12.2. The summed E-state index contributed by atoms with van der Waals surface area (Å²) in [5, 5.41) is 3.86. The molecule has 4 rings (SSSR count). The minimum Gasteiger partial charge on any atom is -0.405 e. The van der Waals surface area contributed by atoms with Gasteiger partial charge < -0.3 is 19.9 Å². The molecule has 37 heavy (non-hydrogen) atoms. The lowest BCUT2D eigenvalue weighted by molar-refractivity contribution is -0.274. The van der Waals surface area contributed by atoms with Gasteiger partial charge in [0.15, 0.2) is 0 Å². The Morgan fingerprint density at radius 1 is 1.16 bits per heavy atom. The van der Waals surface area contributed by atoms with Crippen LogP contribution >= 0.6 is 28.3 Å². The number of anilines is 2. The minimum absolute atomic E-state index is 0. The fraction of sp³-hybridized carbons (Fsp3) is 0.400. The molecule has 0 unspecified atom stereocenters. The molecule has 1 amide bonds. The molecule has 3 aromatic rings. The molecule has 1 aromatic heterocycles. The van der Waals surface area contributed by atoms with Crippen LogP contribution in [0.2, 0.25) is 0 Å². The second-order valence-corrected chi connectivity index (χ2v) is 9.89. The van der Waals surface area contributed by atoms with Crippen LogP contribution in [0.4, 0.5) is 24.9 Å². The highest BCUT2D eigenvalue weighted by Crippen LogP contribution is 2.30.